The Morgan fingerprint density at radius 2 is 1.80 bits per heavy atom. The third kappa shape index (κ3) is 9.28. The molecule has 4 heteroatoms. The summed E-state index contributed by atoms with van der Waals surface area (Å²) in [7, 11) is 0. The predicted octanol–water partition coefficient (Wildman–Crippen LogP) is 5.08. The molecule has 0 aliphatic rings. The molecule has 25 heavy (non-hydrogen) atoms. The third-order valence-corrected chi connectivity index (χ3v) is 4.32. The van der Waals surface area contributed by atoms with Crippen LogP contribution in [-0.2, 0) is 20.7 Å². The first kappa shape index (κ1) is 21.2. The first-order chi connectivity index (χ1) is 12.1. The lowest BCUT2D eigenvalue weighted by Crippen LogP contribution is -2.14. The van der Waals surface area contributed by atoms with Crippen molar-refractivity contribution in [1.82, 2.24) is 0 Å². The Morgan fingerprint density at radius 1 is 1.04 bits per heavy atom. The fourth-order valence-corrected chi connectivity index (χ4v) is 2.57. The maximum Gasteiger partial charge on any atom is 0.311 e. The summed E-state index contributed by atoms with van der Waals surface area (Å²) in [5, 5.41) is 0. The molecule has 1 atom stereocenters. The van der Waals surface area contributed by atoms with Gasteiger partial charge in [-0.05, 0) is 42.9 Å². The number of carbonyl (C=O) groups excluding carboxylic acids is 2. The molecule has 0 heterocycles. The minimum absolute atomic E-state index is 0.221. The van der Waals surface area contributed by atoms with Crippen LogP contribution in [0.25, 0.3) is 0 Å². The van der Waals surface area contributed by atoms with Gasteiger partial charge in [0.2, 0.25) is 0 Å². The highest BCUT2D eigenvalue weighted by Gasteiger charge is 2.11. The van der Waals surface area contributed by atoms with Gasteiger partial charge < -0.3 is 9.47 Å². The summed E-state index contributed by atoms with van der Waals surface area (Å²) in [4.78, 5) is 23.6. The number of rotatable bonds is 12. The smallest absolute Gasteiger partial charge is 0.311 e. The second-order valence-electron chi connectivity index (χ2n) is 6.43. The van der Waals surface area contributed by atoms with Gasteiger partial charge in [-0.2, -0.15) is 0 Å². The maximum absolute atomic E-state index is 11.8. The molecule has 1 unspecified atom stereocenters. The molecule has 0 aliphatic carbocycles. The van der Waals surface area contributed by atoms with E-state index in [4.69, 9.17) is 9.47 Å². The van der Waals surface area contributed by atoms with Crippen molar-refractivity contribution in [2.24, 2.45) is 5.92 Å². The Labute approximate surface area is 151 Å². The van der Waals surface area contributed by atoms with Gasteiger partial charge in [0.05, 0.1) is 6.61 Å². The number of esters is 2. The molecular formula is C21H32O4. The fourth-order valence-electron chi connectivity index (χ4n) is 2.57. The van der Waals surface area contributed by atoms with Crippen molar-refractivity contribution in [3.8, 4) is 5.75 Å². The lowest BCUT2D eigenvalue weighted by atomic mass is 10.0. The third-order valence-electron chi connectivity index (χ3n) is 4.32. The average molecular weight is 348 g/mol. The number of unbranched alkanes of at least 4 members (excludes halogenated alkanes) is 1. The number of ether oxygens (including phenoxy) is 2. The largest absolute Gasteiger partial charge is 0.465 e. The molecular weight excluding hydrogens is 316 g/mol. The quantitative estimate of drug-likeness (QED) is 0.390. The van der Waals surface area contributed by atoms with Gasteiger partial charge in [-0.1, -0.05) is 52.2 Å². The van der Waals surface area contributed by atoms with Crippen molar-refractivity contribution < 1.29 is 19.1 Å². The van der Waals surface area contributed by atoms with Crippen LogP contribution in [0.1, 0.15) is 71.3 Å². The molecule has 0 fully saturated rings. The summed E-state index contributed by atoms with van der Waals surface area (Å²) < 4.78 is 10.6. The van der Waals surface area contributed by atoms with Crippen LogP contribution in [0.4, 0.5) is 0 Å². The van der Waals surface area contributed by atoms with Gasteiger partial charge in [0.15, 0.2) is 0 Å². The normalized spacial score (nSPS) is 11.8. The van der Waals surface area contributed by atoms with Crippen LogP contribution in [-0.4, -0.2) is 18.5 Å². The van der Waals surface area contributed by atoms with Crippen molar-refractivity contribution >= 4 is 11.9 Å². The number of aryl methyl sites for hydroxylation is 1. The Balaban J connectivity index is 2.22. The first-order valence-electron chi connectivity index (χ1n) is 9.54. The van der Waals surface area contributed by atoms with E-state index < -0.39 is 0 Å². The summed E-state index contributed by atoms with van der Waals surface area (Å²) in [5.41, 5.74) is 1.13. The Morgan fingerprint density at radius 3 is 2.48 bits per heavy atom. The first-order valence-corrected chi connectivity index (χ1v) is 9.54. The average Bonchev–Trinajstić information content (AvgIpc) is 2.62. The van der Waals surface area contributed by atoms with E-state index in [1.165, 1.54) is 6.42 Å². The van der Waals surface area contributed by atoms with Gasteiger partial charge in [-0.25, -0.2) is 0 Å². The van der Waals surface area contributed by atoms with Crippen molar-refractivity contribution in [2.75, 3.05) is 6.61 Å². The zero-order valence-corrected chi connectivity index (χ0v) is 15.9. The molecule has 0 aliphatic heterocycles. The van der Waals surface area contributed by atoms with E-state index >= 15 is 0 Å². The monoisotopic (exact) mass is 348 g/mol. The van der Waals surface area contributed by atoms with Gasteiger partial charge in [-0.15, -0.1) is 0 Å². The highest BCUT2D eigenvalue weighted by Crippen LogP contribution is 2.16. The number of carbonyl (C=O) groups is 2. The van der Waals surface area contributed by atoms with Crippen LogP contribution in [0, 0.1) is 5.92 Å². The summed E-state index contributed by atoms with van der Waals surface area (Å²) in [5.74, 6) is 0.472. The summed E-state index contributed by atoms with van der Waals surface area (Å²) >= 11 is 0. The Hall–Kier alpha value is -1.84. The SMILES string of the molecule is CCCCC(CC)COC(=O)CCCC(=O)Oc1cccc(CC)c1. The van der Waals surface area contributed by atoms with Crippen LogP contribution in [0.3, 0.4) is 0 Å². The van der Waals surface area contributed by atoms with Gasteiger partial charge in [0.1, 0.15) is 5.75 Å². The van der Waals surface area contributed by atoms with Gasteiger partial charge >= 0.3 is 11.9 Å². The topological polar surface area (TPSA) is 52.6 Å². The summed E-state index contributed by atoms with van der Waals surface area (Å²) in [6, 6.07) is 7.51. The van der Waals surface area contributed by atoms with E-state index in [1.54, 1.807) is 6.07 Å². The fraction of sp³-hybridized carbons (Fsp3) is 0.619. The molecule has 0 radical (unpaired) electrons. The van der Waals surface area contributed by atoms with E-state index in [2.05, 4.69) is 20.8 Å². The van der Waals surface area contributed by atoms with E-state index in [0.717, 1.165) is 31.2 Å². The molecule has 140 valence electrons. The molecule has 0 aromatic heterocycles. The molecule has 0 amide bonds. The van der Waals surface area contributed by atoms with Crippen LogP contribution < -0.4 is 4.74 Å². The molecule has 4 nitrogen and oxygen atoms in total. The molecule has 0 spiro atoms. The molecule has 0 bridgehead atoms. The van der Waals surface area contributed by atoms with Crippen molar-refractivity contribution in [3.63, 3.8) is 0 Å². The number of benzene rings is 1. The molecule has 0 N–H and O–H groups in total. The lowest BCUT2D eigenvalue weighted by Gasteiger charge is -2.14. The van der Waals surface area contributed by atoms with Gasteiger partial charge in [-0.3, -0.25) is 9.59 Å². The standard InChI is InChI=1S/C21H32O4/c1-4-7-10-18(6-3)16-24-20(22)13-9-14-21(23)25-19-12-8-11-17(5-2)15-19/h8,11-12,15,18H,4-7,9-10,13-14,16H2,1-3H3. The van der Waals surface area contributed by atoms with Crippen LogP contribution >= 0.6 is 0 Å². The predicted molar refractivity (Wildman–Crippen MR) is 99.6 cm³/mol. The summed E-state index contributed by atoms with van der Waals surface area (Å²) in [6.45, 7) is 6.83. The second kappa shape index (κ2) is 12.5. The van der Waals surface area contributed by atoms with E-state index in [0.29, 0.717) is 24.7 Å². The zero-order valence-electron chi connectivity index (χ0n) is 15.9. The summed E-state index contributed by atoms with van der Waals surface area (Å²) in [6.07, 6.45) is 6.28. The minimum atomic E-state index is -0.310. The number of hydrogen-bond acceptors (Lipinski definition) is 4. The van der Waals surface area contributed by atoms with Crippen LogP contribution in [0.5, 0.6) is 5.75 Å². The highest BCUT2D eigenvalue weighted by atomic mass is 16.5. The van der Waals surface area contributed by atoms with Crippen LogP contribution in [0.2, 0.25) is 0 Å². The van der Waals surface area contributed by atoms with E-state index in [1.807, 2.05) is 18.2 Å². The number of hydrogen-bond donors (Lipinski definition) is 0. The Kier molecular flexibility index (Phi) is 10.6. The Bertz CT molecular complexity index is 524. The molecule has 0 saturated heterocycles. The second-order valence-corrected chi connectivity index (χ2v) is 6.43. The van der Waals surface area contributed by atoms with Crippen molar-refractivity contribution in [3.05, 3.63) is 29.8 Å². The van der Waals surface area contributed by atoms with Crippen LogP contribution in [0.15, 0.2) is 24.3 Å². The molecule has 1 aromatic rings. The highest BCUT2D eigenvalue weighted by molar-refractivity contribution is 5.74. The molecule has 1 aromatic carbocycles. The van der Waals surface area contributed by atoms with Crippen molar-refractivity contribution in [2.45, 2.75) is 72.1 Å². The van der Waals surface area contributed by atoms with E-state index in [-0.39, 0.29) is 24.8 Å². The minimum Gasteiger partial charge on any atom is -0.465 e. The van der Waals surface area contributed by atoms with E-state index in [9.17, 15) is 9.59 Å². The van der Waals surface area contributed by atoms with Gasteiger partial charge in [0.25, 0.3) is 0 Å². The lowest BCUT2D eigenvalue weighted by molar-refractivity contribution is -0.145. The van der Waals surface area contributed by atoms with Crippen molar-refractivity contribution in [1.29, 1.82) is 0 Å². The zero-order chi connectivity index (χ0) is 18.5. The van der Waals surface area contributed by atoms with Gasteiger partial charge in [0, 0.05) is 12.8 Å². The molecule has 1 rings (SSSR count). The molecule has 0 saturated carbocycles. The maximum atomic E-state index is 11.8.